The molecule has 9 heteroatoms. The van der Waals surface area contributed by atoms with Crippen LogP contribution in [0.4, 0.5) is 0 Å². The zero-order chi connectivity index (χ0) is 36.1. The molecule has 0 aromatic heterocycles. The monoisotopic (exact) mass is 708 g/mol. The largest absolute Gasteiger partial charge is 0.469 e. The average Bonchev–Trinajstić information content (AvgIpc) is 3.07. The van der Waals surface area contributed by atoms with Crippen molar-refractivity contribution in [1.29, 1.82) is 0 Å². The van der Waals surface area contributed by atoms with Gasteiger partial charge in [0.1, 0.15) is 6.61 Å². The maximum atomic E-state index is 12.4. The minimum absolute atomic E-state index is 0.195. The minimum Gasteiger partial charge on any atom is -0.462 e. The highest BCUT2D eigenvalue weighted by Gasteiger charge is 2.22. The van der Waals surface area contributed by atoms with Crippen molar-refractivity contribution < 1.29 is 37.9 Å². The van der Waals surface area contributed by atoms with Crippen molar-refractivity contribution in [3.8, 4) is 0 Å². The van der Waals surface area contributed by atoms with Crippen molar-refractivity contribution in [2.24, 2.45) is 0 Å². The molecule has 2 N–H and O–H groups in total. The summed E-state index contributed by atoms with van der Waals surface area (Å²) in [6.45, 7) is 3.50. The lowest BCUT2D eigenvalue weighted by molar-refractivity contribution is -0.161. The van der Waals surface area contributed by atoms with Gasteiger partial charge in [-0.2, -0.15) is 0 Å². The first-order chi connectivity index (χ1) is 23.8. The first kappa shape index (κ1) is 46.8. The second-order valence-electron chi connectivity index (χ2n) is 12.5. The zero-order valence-electron chi connectivity index (χ0n) is 30.8. The van der Waals surface area contributed by atoms with Crippen molar-refractivity contribution in [3.63, 3.8) is 0 Å². The minimum atomic E-state index is -4.76. The molecule has 0 amide bonds. The van der Waals surface area contributed by atoms with Gasteiger partial charge in [0.25, 0.3) is 0 Å². The summed E-state index contributed by atoms with van der Waals surface area (Å²) in [5.74, 6) is -0.918. The second-order valence-corrected chi connectivity index (χ2v) is 13.8. The molecule has 49 heavy (non-hydrogen) atoms. The molecule has 0 fully saturated rings. The number of phosphoric acid groups is 1. The quantitative estimate of drug-likeness (QED) is 0.0293. The fraction of sp³-hybridized carbons (Fsp3) is 0.700. The first-order valence-corrected chi connectivity index (χ1v) is 20.6. The third-order valence-electron chi connectivity index (χ3n) is 7.77. The Morgan fingerprint density at radius 3 is 1.47 bits per heavy atom. The van der Waals surface area contributed by atoms with Crippen LogP contribution in [0.2, 0.25) is 0 Å². The molecule has 0 aromatic carbocycles. The summed E-state index contributed by atoms with van der Waals surface area (Å²) in [6.07, 6.45) is 43.6. The predicted molar refractivity (Wildman–Crippen MR) is 202 cm³/mol. The van der Waals surface area contributed by atoms with Crippen LogP contribution in [0, 0.1) is 0 Å². The lowest BCUT2D eigenvalue weighted by Crippen LogP contribution is -2.29. The lowest BCUT2D eigenvalue weighted by Gasteiger charge is -2.18. The Labute approximate surface area is 298 Å². The number of esters is 2. The van der Waals surface area contributed by atoms with Gasteiger partial charge in [-0.05, 0) is 70.6 Å². The lowest BCUT2D eigenvalue weighted by atomic mass is 10.1. The van der Waals surface area contributed by atoms with E-state index in [0.29, 0.717) is 12.8 Å². The van der Waals surface area contributed by atoms with E-state index in [1.54, 1.807) is 0 Å². The van der Waals surface area contributed by atoms with Crippen LogP contribution in [0.3, 0.4) is 0 Å². The highest BCUT2D eigenvalue weighted by molar-refractivity contribution is 7.46. The standard InChI is InChI=1S/C40H69O8P/c1-3-5-7-9-11-13-15-17-19-20-21-23-25-27-29-31-33-35-40(42)48-38(37-47-49(43,44)45)36-46-39(41)34-32-30-28-26-24-22-18-16-14-12-10-8-6-4-2/h5,7,10-13,16-19,38H,3-4,6,8-9,14-15,20-37H2,1-2H3,(H2,43,44,45)/b7-5-,12-10-,13-11-,18-16-,19-17-. The average molecular weight is 709 g/mol. The predicted octanol–water partition coefficient (Wildman–Crippen LogP) is 11.3. The van der Waals surface area contributed by atoms with Gasteiger partial charge in [-0.1, -0.05) is 139 Å². The van der Waals surface area contributed by atoms with Gasteiger partial charge in [0, 0.05) is 12.8 Å². The van der Waals surface area contributed by atoms with E-state index < -0.39 is 32.5 Å². The number of unbranched alkanes of at least 4 members (excludes halogenated alkanes) is 14. The number of allylic oxidation sites excluding steroid dienone is 10. The SMILES string of the molecule is CC/C=C\C/C=C\C/C=C\CCCCCCCCCC(=O)OC(COC(=O)CCCCCCC/C=C\C/C=C\CCCC)COP(=O)(O)O. The number of hydrogen-bond donors (Lipinski definition) is 2. The molecule has 0 saturated carbocycles. The number of hydrogen-bond acceptors (Lipinski definition) is 6. The number of carbonyl (C=O) groups is 2. The van der Waals surface area contributed by atoms with Gasteiger partial charge < -0.3 is 19.3 Å². The van der Waals surface area contributed by atoms with E-state index in [9.17, 15) is 14.2 Å². The van der Waals surface area contributed by atoms with E-state index in [0.717, 1.165) is 89.9 Å². The molecule has 1 unspecified atom stereocenters. The zero-order valence-corrected chi connectivity index (χ0v) is 31.7. The summed E-state index contributed by atoms with van der Waals surface area (Å²) in [7, 11) is -4.76. The highest BCUT2D eigenvalue weighted by Crippen LogP contribution is 2.36. The molecule has 8 nitrogen and oxygen atoms in total. The molecule has 282 valence electrons. The van der Waals surface area contributed by atoms with Gasteiger partial charge in [-0.3, -0.25) is 14.1 Å². The summed E-state index contributed by atoms with van der Waals surface area (Å²) in [4.78, 5) is 42.7. The topological polar surface area (TPSA) is 119 Å². The summed E-state index contributed by atoms with van der Waals surface area (Å²) in [5, 5.41) is 0. The van der Waals surface area contributed by atoms with E-state index in [-0.39, 0.29) is 19.4 Å². The van der Waals surface area contributed by atoms with Crippen LogP contribution in [-0.4, -0.2) is 41.0 Å². The molecule has 0 saturated heterocycles. The number of carbonyl (C=O) groups excluding carboxylic acids is 2. The Morgan fingerprint density at radius 1 is 0.551 bits per heavy atom. The van der Waals surface area contributed by atoms with Crippen molar-refractivity contribution in [2.75, 3.05) is 13.2 Å². The van der Waals surface area contributed by atoms with E-state index in [1.807, 2.05) is 0 Å². The van der Waals surface area contributed by atoms with Gasteiger partial charge >= 0.3 is 19.8 Å². The maximum Gasteiger partial charge on any atom is 0.469 e. The smallest absolute Gasteiger partial charge is 0.462 e. The number of phosphoric ester groups is 1. The normalized spacial score (nSPS) is 13.1. The van der Waals surface area contributed by atoms with Crippen LogP contribution in [0.15, 0.2) is 60.8 Å². The van der Waals surface area contributed by atoms with Crippen LogP contribution >= 0.6 is 7.82 Å². The third kappa shape index (κ3) is 38.4. The summed E-state index contributed by atoms with van der Waals surface area (Å²) in [5.41, 5.74) is 0. The molecule has 0 radical (unpaired) electrons. The van der Waals surface area contributed by atoms with Gasteiger partial charge in [0.15, 0.2) is 6.10 Å². The molecule has 0 aliphatic carbocycles. The number of rotatable bonds is 34. The molecule has 1 atom stereocenters. The van der Waals surface area contributed by atoms with E-state index in [4.69, 9.17) is 19.3 Å². The second kappa shape index (κ2) is 35.6. The fourth-order valence-corrected chi connectivity index (χ4v) is 5.29. The van der Waals surface area contributed by atoms with E-state index in [2.05, 4.69) is 79.1 Å². The first-order valence-electron chi connectivity index (χ1n) is 19.1. The molecular weight excluding hydrogens is 639 g/mol. The Kier molecular flexibility index (Phi) is 33.9. The Balaban J connectivity index is 4.01. The Bertz CT molecular complexity index is 979. The van der Waals surface area contributed by atoms with Gasteiger partial charge in [-0.25, -0.2) is 4.57 Å². The molecule has 0 aromatic rings. The van der Waals surface area contributed by atoms with Crippen LogP contribution in [-0.2, 0) is 28.2 Å². The van der Waals surface area contributed by atoms with Crippen molar-refractivity contribution in [2.45, 2.75) is 168 Å². The van der Waals surface area contributed by atoms with Gasteiger partial charge in [0.05, 0.1) is 6.61 Å². The summed E-state index contributed by atoms with van der Waals surface area (Å²) < 4.78 is 26.3. The van der Waals surface area contributed by atoms with Gasteiger partial charge in [0.2, 0.25) is 0 Å². The molecule has 0 heterocycles. The Hall–Kier alpha value is -2.25. The van der Waals surface area contributed by atoms with Crippen molar-refractivity contribution >= 4 is 19.8 Å². The van der Waals surface area contributed by atoms with Crippen molar-refractivity contribution in [1.82, 2.24) is 0 Å². The van der Waals surface area contributed by atoms with Gasteiger partial charge in [-0.15, -0.1) is 0 Å². The maximum absolute atomic E-state index is 12.4. The third-order valence-corrected chi connectivity index (χ3v) is 8.26. The molecule has 0 aliphatic heterocycles. The summed E-state index contributed by atoms with van der Waals surface area (Å²) >= 11 is 0. The molecular formula is C40H69O8P. The van der Waals surface area contributed by atoms with E-state index in [1.165, 1.54) is 32.1 Å². The molecule has 0 aliphatic rings. The molecule has 0 bridgehead atoms. The fourth-order valence-electron chi connectivity index (χ4n) is 4.93. The molecule has 0 rings (SSSR count). The summed E-state index contributed by atoms with van der Waals surface area (Å²) in [6, 6.07) is 0. The molecule has 0 spiro atoms. The highest BCUT2D eigenvalue weighted by atomic mass is 31.2. The Morgan fingerprint density at radius 2 is 0.980 bits per heavy atom. The van der Waals surface area contributed by atoms with Crippen LogP contribution < -0.4 is 0 Å². The van der Waals surface area contributed by atoms with Crippen LogP contribution in [0.25, 0.3) is 0 Å². The number of ether oxygens (including phenoxy) is 2. The van der Waals surface area contributed by atoms with Crippen molar-refractivity contribution in [3.05, 3.63) is 60.8 Å². The van der Waals surface area contributed by atoms with Crippen LogP contribution in [0.5, 0.6) is 0 Å². The van der Waals surface area contributed by atoms with Crippen LogP contribution in [0.1, 0.15) is 162 Å². The van der Waals surface area contributed by atoms with E-state index >= 15 is 0 Å².